The Morgan fingerprint density at radius 2 is 2.08 bits per heavy atom. The molecule has 1 aromatic heterocycles. The number of rotatable bonds is 3. The van der Waals surface area contributed by atoms with Crippen molar-refractivity contribution in [2.75, 3.05) is 6.54 Å². The van der Waals surface area contributed by atoms with Gasteiger partial charge in [-0.15, -0.1) is 4.40 Å². The number of amides is 1. The number of nitrogens with one attached hydrogen (secondary N) is 1. The molecule has 1 aromatic carbocycles. The van der Waals surface area contributed by atoms with Gasteiger partial charge in [0.15, 0.2) is 5.84 Å². The molecule has 1 fully saturated rings. The summed E-state index contributed by atoms with van der Waals surface area (Å²) in [6.07, 6.45) is 4.86. The summed E-state index contributed by atoms with van der Waals surface area (Å²) in [6, 6.07) is 10.0. The van der Waals surface area contributed by atoms with Crippen LogP contribution in [0.25, 0.3) is 0 Å². The van der Waals surface area contributed by atoms with E-state index >= 15 is 0 Å². The predicted octanol–water partition coefficient (Wildman–Crippen LogP) is 1.31. The van der Waals surface area contributed by atoms with E-state index in [-0.39, 0.29) is 10.8 Å². The molecule has 1 N–H and O–H groups in total. The molecule has 0 spiro atoms. The highest BCUT2D eigenvalue weighted by Gasteiger charge is 2.39. The molecule has 0 radical (unpaired) electrons. The van der Waals surface area contributed by atoms with Crippen LogP contribution in [0, 0.1) is 0 Å². The summed E-state index contributed by atoms with van der Waals surface area (Å²) >= 11 is 0. The van der Waals surface area contributed by atoms with E-state index in [1.807, 2.05) is 17.0 Å². The van der Waals surface area contributed by atoms with Gasteiger partial charge in [-0.05, 0) is 36.6 Å². The van der Waals surface area contributed by atoms with E-state index in [0.717, 1.165) is 12.0 Å². The van der Waals surface area contributed by atoms with Gasteiger partial charge >= 0.3 is 0 Å². The summed E-state index contributed by atoms with van der Waals surface area (Å²) in [5, 5.41) is 2.91. The number of carbonyl (C=O) groups excluding carboxylic acids is 1. The van der Waals surface area contributed by atoms with Crippen molar-refractivity contribution in [2.45, 2.75) is 30.3 Å². The zero-order chi connectivity index (χ0) is 18.1. The topological polar surface area (TPSA) is 91.7 Å². The Morgan fingerprint density at radius 1 is 1.23 bits per heavy atom. The van der Waals surface area contributed by atoms with Crippen molar-refractivity contribution < 1.29 is 13.2 Å². The quantitative estimate of drug-likeness (QED) is 0.880. The lowest BCUT2D eigenvalue weighted by molar-refractivity contribution is -0.124. The average molecular weight is 370 g/mol. The maximum absolute atomic E-state index is 12.7. The molecule has 2 aliphatic rings. The van der Waals surface area contributed by atoms with Crippen molar-refractivity contribution in [3.05, 3.63) is 59.9 Å². The Balaban J connectivity index is 1.55. The summed E-state index contributed by atoms with van der Waals surface area (Å²) in [4.78, 5) is 18.7. The lowest BCUT2D eigenvalue weighted by atomic mass is 10.1. The fourth-order valence-electron chi connectivity index (χ4n) is 3.40. The molecule has 1 saturated heterocycles. The van der Waals surface area contributed by atoms with Crippen LogP contribution in [-0.4, -0.2) is 42.6 Å². The minimum absolute atomic E-state index is 0.129. The van der Waals surface area contributed by atoms with Gasteiger partial charge in [0.25, 0.3) is 10.0 Å². The Morgan fingerprint density at radius 3 is 2.88 bits per heavy atom. The molecule has 26 heavy (non-hydrogen) atoms. The van der Waals surface area contributed by atoms with E-state index in [1.165, 1.54) is 0 Å². The van der Waals surface area contributed by atoms with Crippen molar-refractivity contribution in [1.82, 2.24) is 15.2 Å². The zero-order valence-corrected chi connectivity index (χ0v) is 14.8. The van der Waals surface area contributed by atoms with Gasteiger partial charge in [0.1, 0.15) is 10.9 Å². The summed E-state index contributed by atoms with van der Waals surface area (Å²) in [7, 11) is -3.69. The second-order valence-electron chi connectivity index (χ2n) is 6.32. The van der Waals surface area contributed by atoms with Gasteiger partial charge in [0.05, 0.1) is 0 Å². The van der Waals surface area contributed by atoms with E-state index in [9.17, 15) is 13.2 Å². The molecule has 0 aliphatic carbocycles. The Kier molecular flexibility index (Phi) is 4.20. The van der Waals surface area contributed by atoms with Gasteiger partial charge in [0.2, 0.25) is 5.91 Å². The minimum atomic E-state index is -3.69. The van der Waals surface area contributed by atoms with E-state index in [2.05, 4.69) is 14.7 Å². The molecule has 2 aliphatic heterocycles. The van der Waals surface area contributed by atoms with Gasteiger partial charge in [-0.3, -0.25) is 9.78 Å². The van der Waals surface area contributed by atoms with E-state index < -0.39 is 16.1 Å². The number of fused-ring (bicyclic) bond motifs is 1. The smallest absolute Gasteiger partial charge is 0.285 e. The molecular formula is C18H18N4O3S. The normalized spacial score (nSPS) is 20.5. The molecule has 3 heterocycles. The van der Waals surface area contributed by atoms with Gasteiger partial charge in [-0.1, -0.05) is 18.2 Å². The van der Waals surface area contributed by atoms with Crippen molar-refractivity contribution in [3.8, 4) is 0 Å². The molecule has 2 aromatic rings. The fraction of sp³-hybridized carbons (Fsp3) is 0.278. The van der Waals surface area contributed by atoms with Crippen LogP contribution in [-0.2, 0) is 21.4 Å². The Hall–Kier alpha value is -2.74. The number of pyridine rings is 1. The predicted molar refractivity (Wildman–Crippen MR) is 96.0 cm³/mol. The lowest BCUT2D eigenvalue weighted by Crippen LogP contribution is -2.45. The van der Waals surface area contributed by atoms with Crippen LogP contribution in [0.15, 0.2) is 58.1 Å². The number of likely N-dealkylation sites (tertiary alicyclic amines) is 1. The van der Waals surface area contributed by atoms with Crippen molar-refractivity contribution >= 4 is 21.8 Å². The number of hydrogen-bond donors (Lipinski definition) is 1. The third-order valence-corrected chi connectivity index (χ3v) is 5.95. The third-order valence-electron chi connectivity index (χ3n) is 4.63. The standard InChI is InChI=1S/C18H18N4O3S/c23-18(20-12-13-5-3-9-19-11-13)15-7-4-10-22(15)17-14-6-1-2-8-16(14)26(24,25)21-17/h1-3,5-6,8-9,11,15H,4,7,10,12H2,(H,20,23)/t15-/m0/s1. The van der Waals surface area contributed by atoms with Gasteiger partial charge in [0, 0.05) is 31.0 Å². The first-order valence-corrected chi connectivity index (χ1v) is 9.88. The first-order valence-electron chi connectivity index (χ1n) is 8.44. The fourth-order valence-corrected chi connectivity index (χ4v) is 4.62. The second kappa shape index (κ2) is 6.53. The number of amidine groups is 1. The maximum atomic E-state index is 12.7. The highest BCUT2D eigenvalue weighted by molar-refractivity contribution is 7.90. The third kappa shape index (κ3) is 2.96. The van der Waals surface area contributed by atoms with Crippen LogP contribution < -0.4 is 5.32 Å². The largest absolute Gasteiger partial charge is 0.350 e. The van der Waals surface area contributed by atoms with Gasteiger partial charge in [-0.2, -0.15) is 8.42 Å². The summed E-state index contributed by atoms with van der Waals surface area (Å²) in [6.45, 7) is 0.992. The number of benzene rings is 1. The molecule has 1 amide bonds. The second-order valence-corrected chi connectivity index (χ2v) is 7.89. The van der Waals surface area contributed by atoms with E-state index in [0.29, 0.717) is 30.9 Å². The van der Waals surface area contributed by atoms with Gasteiger partial charge < -0.3 is 10.2 Å². The van der Waals surface area contributed by atoms with Crippen LogP contribution in [0.5, 0.6) is 0 Å². The molecule has 7 nitrogen and oxygen atoms in total. The zero-order valence-electron chi connectivity index (χ0n) is 14.0. The lowest BCUT2D eigenvalue weighted by Gasteiger charge is -2.25. The summed E-state index contributed by atoms with van der Waals surface area (Å²) in [5.41, 5.74) is 1.48. The van der Waals surface area contributed by atoms with Crippen LogP contribution >= 0.6 is 0 Å². The number of hydrogen-bond acceptors (Lipinski definition) is 5. The van der Waals surface area contributed by atoms with Gasteiger partial charge in [-0.25, -0.2) is 0 Å². The molecule has 0 unspecified atom stereocenters. The number of aromatic nitrogens is 1. The highest BCUT2D eigenvalue weighted by atomic mass is 32.2. The molecule has 0 bridgehead atoms. The number of carbonyl (C=O) groups is 1. The first-order chi connectivity index (χ1) is 12.6. The van der Waals surface area contributed by atoms with Crippen LogP contribution in [0.4, 0.5) is 0 Å². The molecule has 4 rings (SSSR count). The summed E-state index contributed by atoms with van der Waals surface area (Å²) in [5.74, 6) is 0.246. The van der Waals surface area contributed by atoms with E-state index in [1.54, 1.807) is 36.7 Å². The average Bonchev–Trinajstić information content (AvgIpc) is 3.24. The molecular weight excluding hydrogens is 352 g/mol. The summed E-state index contributed by atoms with van der Waals surface area (Å²) < 4.78 is 28.5. The van der Waals surface area contributed by atoms with Crippen LogP contribution in [0.1, 0.15) is 24.0 Å². The molecule has 8 heteroatoms. The molecule has 1 atom stereocenters. The Labute approximate surface area is 151 Å². The van der Waals surface area contributed by atoms with Crippen molar-refractivity contribution in [3.63, 3.8) is 0 Å². The first kappa shape index (κ1) is 16.7. The maximum Gasteiger partial charge on any atom is 0.285 e. The SMILES string of the molecule is O=C(NCc1cccnc1)[C@@H]1CCCN1C1=NS(=O)(=O)c2ccccc21. The van der Waals surface area contributed by atoms with Crippen LogP contribution in [0.3, 0.4) is 0 Å². The molecule has 134 valence electrons. The van der Waals surface area contributed by atoms with Crippen molar-refractivity contribution in [2.24, 2.45) is 4.40 Å². The van der Waals surface area contributed by atoms with E-state index in [4.69, 9.17) is 0 Å². The number of sulfonamides is 1. The Bertz CT molecular complexity index is 973. The molecule has 0 saturated carbocycles. The minimum Gasteiger partial charge on any atom is -0.350 e. The number of nitrogens with zero attached hydrogens (tertiary/aromatic N) is 3. The highest BCUT2D eigenvalue weighted by Crippen LogP contribution is 2.31. The monoisotopic (exact) mass is 370 g/mol. The van der Waals surface area contributed by atoms with Crippen molar-refractivity contribution in [1.29, 1.82) is 0 Å². The van der Waals surface area contributed by atoms with Crippen LogP contribution in [0.2, 0.25) is 0 Å².